The van der Waals surface area contributed by atoms with Crippen LogP contribution in [0.1, 0.15) is 19.3 Å². The molecule has 0 aliphatic rings. The molecule has 8 heteroatoms. The van der Waals surface area contributed by atoms with E-state index in [0.717, 1.165) is 53.6 Å². The Hall–Kier alpha value is -5.58. The Balaban J connectivity index is 1.08. The van der Waals surface area contributed by atoms with Gasteiger partial charge in [-0.15, -0.1) is 68.0 Å². The van der Waals surface area contributed by atoms with Crippen molar-refractivity contribution in [3.63, 3.8) is 0 Å². The molecule has 0 saturated carbocycles. The molecule has 0 radical (unpaired) electrons. The number of benzene rings is 6. The Bertz CT molecular complexity index is 3400. The molecule has 6 heterocycles. The van der Waals surface area contributed by atoms with Gasteiger partial charge in [0.15, 0.2) is 12.6 Å². The van der Waals surface area contributed by atoms with Crippen molar-refractivity contribution in [2.45, 2.75) is 0 Å². The fourth-order valence-electron chi connectivity index (χ4n) is 8.46. The lowest BCUT2D eigenvalue weighted by Crippen LogP contribution is -1.72. The fourth-order valence-corrected chi connectivity index (χ4v) is 16.5. The molecule has 274 valence electrons. The van der Waals surface area contributed by atoms with Crippen molar-refractivity contribution in [3.05, 3.63) is 155 Å². The van der Waals surface area contributed by atoms with Crippen molar-refractivity contribution in [1.29, 1.82) is 0 Å². The summed E-state index contributed by atoms with van der Waals surface area (Å²) in [5.74, 6) is 0. The normalized spacial score (nSPS) is 11.9. The van der Waals surface area contributed by atoms with E-state index in [1.165, 1.54) is 82.1 Å². The van der Waals surface area contributed by atoms with E-state index in [9.17, 15) is 9.59 Å². The fraction of sp³-hybridized carbons (Fsp3) is 0. The highest BCUT2D eigenvalue weighted by atomic mass is 32.1. The first kappa shape index (κ1) is 34.5. The first-order chi connectivity index (χ1) is 28.7. The van der Waals surface area contributed by atoms with Gasteiger partial charge >= 0.3 is 0 Å². The van der Waals surface area contributed by atoms with E-state index < -0.39 is 0 Å². The molecular formula is C50H26O2S6. The van der Waals surface area contributed by atoms with Gasteiger partial charge in [-0.1, -0.05) is 146 Å². The summed E-state index contributed by atoms with van der Waals surface area (Å²) in [7, 11) is 0. The van der Waals surface area contributed by atoms with Crippen LogP contribution < -0.4 is 0 Å². The lowest BCUT2D eigenvalue weighted by molar-refractivity contribution is 0.112. The molecule has 6 aromatic heterocycles. The molecule has 12 rings (SSSR count). The molecule has 0 unspecified atom stereocenters. The zero-order chi connectivity index (χ0) is 38.5. The number of thiophene rings is 6. The van der Waals surface area contributed by atoms with Crippen LogP contribution in [0, 0.1) is 0 Å². The molecular weight excluding hydrogens is 825 g/mol. The van der Waals surface area contributed by atoms with E-state index in [1.54, 1.807) is 22.7 Å². The molecule has 0 fully saturated rings. The molecule has 0 N–H and O–H groups in total. The summed E-state index contributed by atoms with van der Waals surface area (Å²) in [5.41, 5.74) is 0. The third kappa shape index (κ3) is 5.03. The van der Waals surface area contributed by atoms with Crippen molar-refractivity contribution in [2.75, 3.05) is 0 Å². The largest absolute Gasteiger partial charge is 0.297 e. The predicted molar refractivity (Wildman–Crippen MR) is 257 cm³/mol. The molecule has 0 bridgehead atoms. The van der Waals surface area contributed by atoms with Crippen LogP contribution in [0.25, 0.3) is 113 Å². The predicted octanol–water partition coefficient (Wildman–Crippen LogP) is 16.9. The summed E-state index contributed by atoms with van der Waals surface area (Å²) in [6.07, 6.45) is 2.00. The second-order valence-electron chi connectivity index (χ2n) is 14.1. The molecule has 0 amide bonds. The van der Waals surface area contributed by atoms with Crippen molar-refractivity contribution in [2.24, 2.45) is 0 Å². The Morgan fingerprint density at radius 3 is 0.569 bits per heavy atom. The van der Waals surface area contributed by atoms with Gasteiger partial charge in [-0.3, -0.25) is 9.59 Å². The van der Waals surface area contributed by atoms with Crippen LogP contribution in [0.15, 0.2) is 146 Å². The second kappa shape index (κ2) is 13.5. The molecule has 0 saturated heterocycles. The van der Waals surface area contributed by atoms with Crippen molar-refractivity contribution in [3.8, 4) is 48.8 Å². The van der Waals surface area contributed by atoms with Crippen molar-refractivity contribution >= 4 is 145 Å². The van der Waals surface area contributed by atoms with Gasteiger partial charge in [-0.05, 0) is 0 Å². The number of hydrogen-bond donors (Lipinski definition) is 0. The Morgan fingerprint density at radius 1 is 0.224 bits per heavy atom. The number of hydrogen-bond acceptors (Lipinski definition) is 8. The van der Waals surface area contributed by atoms with Gasteiger partial charge in [-0.25, -0.2) is 0 Å². The van der Waals surface area contributed by atoms with Gasteiger partial charge in [-0.2, -0.15) is 0 Å². The minimum atomic E-state index is 0.772. The van der Waals surface area contributed by atoms with Crippen molar-refractivity contribution in [1.82, 2.24) is 0 Å². The third-order valence-corrected chi connectivity index (χ3v) is 19.0. The molecule has 6 aromatic carbocycles. The molecule has 0 aliphatic carbocycles. The van der Waals surface area contributed by atoms with Gasteiger partial charge in [0.25, 0.3) is 0 Å². The average Bonchev–Trinajstić information content (AvgIpc) is 4.14. The van der Waals surface area contributed by atoms with E-state index in [1.807, 2.05) is 57.5 Å². The average molecular weight is 851 g/mol. The highest BCUT2D eigenvalue weighted by Crippen LogP contribution is 2.58. The van der Waals surface area contributed by atoms with Crippen LogP contribution in [0.4, 0.5) is 0 Å². The molecule has 2 nitrogen and oxygen atoms in total. The van der Waals surface area contributed by atoms with Gasteiger partial charge in [0.05, 0.1) is 58.5 Å². The Kier molecular flexibility index (Phi) is 8.02. The monoisotopic (exact) mass is 850 g/mol. The molecule has 0 aliphatic heterocycles. The Labute approximate surface area is 356 Å². The van der Waals surface area contributed by atoms with E-state index in [4.69, 9.17) is 0 Å². The summed E-state index contributed by atoms with van der Waals surface area (Å²) in [5, 5.41) is 14.2. The number of aldehydes is 2. The minimum absolute atomic E-state index is 0.772. The first-order valence-corrected chi connectivity index (χ1v) is 23.6. The van der Waals surface area contributed by atoms with Crippen LogP contribution in [0.5, 0.6) is 0 Å². The van der Waals surface area contributed by atoms with E-state index in [-0.39, 0.29) is 0 Å². The lowest BCUT2D eigenvalue weighted by Gasteiger charge is -1.97. The van der Waals surface area contributed by atoms with E-state index in [2.05, 4.69) is 133 Å². The van der Waals surface area contributed by atoms with Gasteiger partial charge in [0, 0.05) is 64.6 Å². The summed E-state index contributed by atoms with van der Waals surface area (Å²) in [6.45, 7) is 0. The highest BCUT2D eigenvalue weighted by Gasteiger charge is 2.26. The van der Waals surface area contributed by atoms with Crippen LogP contribution >= 0.6 is 68.0 Å². The van der Waals surface area contributed by atoms with Crippen LogP contribution in [-0.2, 0) is 0 Å². The Morgan fingerprint density at radius 2 is 0.379 bits per heavy atom. The summed E-state index contributed by atoms with van der Waals surface area (Å²) < 4.78 is 0. The second-order valence-corrected chi connectivity index (χ2v) is 20.3. The van der Waals surface area contributed by atoms with Crippen molar-refractivity contribution < 1.29 is 9.59 Å². The minimum Gasteiger partial charge on any atom is -0.297 e. The maximum Gasteiger partial charge on any atom is 0.160 e. The summed E-state index contributed by atoms with van der Waals surface area (Å²) >= 11 is 10.7. The van der Waals surface area contributed by atoms with E-state index >= 15 is 0 Å². The van der Waals surface area contributed by atoms with Gasteiger partial charge in [0.2, 0.25) is 0 Å². The molecule has 0 spiro atoms. The zero-order valence-corrected chi connectivity index (χ0v) is 35.2. The maximum absolute atomic E-state index is 12.2. The van der Waals surface area contributed by atoms with E-state index in [0.29, 0.717) is 0 Å². The number of rotatable bonds is 7. The van der Waals surface area contributed by atoms with Gasteiger partial charge < -0.3 is 0 Å². The molecule has 12 aromatic rings. The third-order valence-electron chi connectivity index (χ3n) is 11.0. The highest BCUT2D eigenvalue weighted by molar-refractivity contribution is 7.33. The molecule has 0 atom stereocenters. The maximum atomic E-state index is 12.2. The standard InChI is InChI=1S/C50H26O2S6/c51-25-39-27-13-1-3-15-29(27)41(53-39)43-31-17-5-7-19-33(31)45(55-43)47-35-21-9-11-23-37(35)49(57-47)50-38-24-12-10-22-36(38)48(58-50)46-34-20-8-6-18-32(34)44(56-46)42-30-16-4-2-14-28(30)40(26-52)54-42/h1-26H. The topological polar surface area (TPSA) is 34.1 Å². The SMILES string of the molecule is O=Cc1sc(-c2sc(-c3sc(-c4sc(-c5sc(-c6sc(C=O)c7ccccc67)c6ccccc56)c5ccccc45)c4ccccc34)c3ccccc23)c2ccccc12. The number of fused-ring (bicyclic) bond motifs is 6. The first-order valence-electron chi connectivity index (χ1n) is 18.7. The van der Waals surface area contributed by atoms with Gasteiger partial charge in [0.1, 0.15) is 0 Å². The number of carbonyl (C=O) groups is 2. The lowest BCUT2D eigenvalue weighted by atomic mass is 10.0. The zero-order valence-electron chi connectivity index (χ0n) is 30.3. The number of carbonyl (C=O) groups excluding carboxylic acids is 2. The summed E-state index contributed by atoms with van der Waals surface area (Å²) in [6, 6.07) is 51.8. The van der Waals surface area contributed by atoms with Crippen LogP contribution in [-0.4, -0.2) is 12.6 Å². The smallest absolute Gasteiger partial charge is 0.160 e. The quantitative estimate of drug-likeness (QED) is 0.150. The van der Waals surface area contributed by atoms with Crippen LogP contribution in [0.2, 0.25) is 0 Å². The molecule has 58 heavy (non-hydrogen) atoms. The van der Waals surface area contributed by atoms with Crippen LogP contribution in [0.3, 0.4) is 0 Å². The summed E-state index contributed by atoms with van der Waals surface area (Å²) in [4.78, 5) is 38.3.